The van der Waals surface area contributed by atoms with Gasteiger partial charge < -0.3 is 10.2 Å². The molecule has 0 aliphatic heterocycles. The second-order valence-corrected chi connectivity index (χ2v) is 4.80. The Morgan fingerprint density at radius 3 is 2.61 bits per heavy atom. The van der Waals surface area contributed by atoms with Crippen molar-refractivity contribution in [3.8, 4) is 11.8 Å². The Balaban J connectivity index is 2.47. The maximum atomic E-state index is 11.4. The Bertz CT molecular complexity index is 481. The summed E-state index contributed by atoms with van der Waals surface area (Å²) in [6.07, 6.45) is 2.26. The van der Waals surface area contributed by atoms with E-state index in [1.807, 2.05) is 0 Å². The van der Waals surface area contributed by atoms with Gasteiger partial charge in [0.15, 0.2) is 0 Å². The lowest BCUT2D eigenvalue weighted by molar-refractivity contribution is -0.127. The zero-order valence-electron chi connectivity index (χ0n) is 10.6. The predicted octanol–water partition coefficient (Wildman–Crippen LogP) is 1.29. The van der Waals surface area contributed by atoms with Crippen molar-refractivity contribution < 1.29 is 20.2 Å². The fourth-order valence-electron chi connectivity index (χ4n) is 2.38. The third-order valence-electron chi connectivity index (χ3n) is 3.46. The number of carbonyl (C=O) groups excluding carboxylic acids is 1. The fraction of sp³-hybridized carbons (Fsp3) is 0.583. The summed E-state index contributed by atoms with van der Waals surface area (Å²) >= 11 is 0. The Morgan fingerprint density at radius 2 is 2.00 bits per heavy atom. The van der Waals surface area contributed by atoms with Gasteiger partial charge in [0.2, 0.25) is 11.8 Å². The van der Waals surface area contributed by atoms with E-state index in [2.05, 4.69) is 6.92 Å². The standard InChI is InChI=1S/C12H18N2O4/c1-3-10(15)14(18)13-11(16)8-5-4-7(2)6-9(8)12(13)17/h7,16-18H,3-6H2,1-2H3. The molecule has 1 aromatic heterocycles. The van der Waals surface area contributed by atoms with E-state index in [0.717, 1.165) is 11.1 Å². The normalized spacial score (nSPS) is 18.5. The molecule has 100 valence electrons. The fourth-order valence-corrected chi connectivity index (χ4v) is 2.38. The highest BCUT2D eigenvalue weighted by Crippen LogP contribution is 2.40. The van der Waals surface area contributed by atoms with E-state index >= 15 is 0 Å². The summed E-state index contributed by atoms with van der Waals surface area (Å²) < 4.78 is 0.772. The molecular formula is C12H18N2O4. The molecule has 1 aliphatic carbocycles. The highest BCUT2D eigenvalue weighted by atomic mass is 16.6. The SMILES string of the molecule is CCC(=O)N(O)n1c(O)c2c(c1O)CC(C)CC2. The minimum absolute atomic E-state index is 0.0780. The van der Waals surface area contributed by atoms with E-state index in [0.29, 0.717) is 29.9 Å². The van der Waals surface area contributed by atoms with Crippen LogP contribution in [0.5, 0.6) is 11.8 Å². The summed E-state index contributed by atoms with van der Waals surface area (Å²) in [5.74, 6) is -0.689. The van der Waals surface area contributed by atoms with Gasteiger partial charge in [-0.1, -0.05) is 13.8 Å². The van der Waals surface area contributed by atoms with Crippen LogP contribution in [-0.4, -0.2) is 26.0 Å². The van der Waals surface area contributed by atoms with Gasteiger partial charge >= 0.3 is 0 Å². The summed E-state index contributed by atoms with van der Waals surface area (Å²) in [6.45, 7) is 3.65. The molecule has 0 saturated heterocycles. The van der Waals surface area contributed by atoms with E-state index in [4.69, 9.17) is 0 Å². The number of hydrogen-bond donors (Lipinski definition) is 3. The van der Waals surface area contributed by atoms with Crippen molar-refractivity contribution in [2.45, 2.75) is 39.5 Å². The summed E-state index contributed by atoms with van der Waals surface area (Å²) in [6, 6.07) is 0. The zero-order valence-corrected chi connectivity index (χ0v) is 10.6. The Labute approximate surface area is 105 Å². The molecule has 6 nitrogen and oxygen atoms in total. The average molecular weight is 254 g/mol. The molecule has 6 heteroatoms. The van der Waals surface area contributed by atoms with Crippen LogP contribution in [0.4, 0.5) is 0 Å². The van der Waals surface area contributed by atoms with Crippen molar-refractivity contribution in [1.82, 2.24) is 4.68 Å². The number of hydrogen-bond acceptors (Lipinski definition) is 4. The second kappa shape index (κ2) is 4.53. The smallest absolute Gasteiger partial charge is 0.267 e. The Hall–Kier alpha value is -1.69. The first-order chi connectivity index (χ1) is 8.47. The number of fused-ring (bicyclic) bond motifs is 1. The summed E-state index contributed by atoms with van der Waals surface area (Å²) in [4.78, 5) is 11.4. The molecule has 18 heavy (non-hydrogen) atoms. The third kappa shape index (κ3) is 1.82. The molecule has 1 heterocycles. The zero-order chi connectivity index (χ0) is 13.4. The van der Waals surface area contributed by atoms with Gasteiger partial charge in [0.1, 0.15) is 0 Å². The van der Waals surface area contributed by atoms with E-state index in [9.17, 15) is 20.2 Å². The van der Waals surface area contributed by atoms with Crippen LogP contribution in [0.15, 0.2) is 0 Å². The van der Waals surface area contributed by atoms with Gasteiger partial charge in [0.05, 0.1) is 0 Å². The van der Waals surface area contributed by atoms with Crippen molar-refractivity contribution >= 4 is 5.91 Å². The molecule has 0 radical (unpaired) electrons. The van der Waals surface area contributed by atoms with Gasteiger partial charge in [-0.05, 0) is 25.2 Å². The number of hydroxylamine groups is 1. The van der Waals surface area contributed by atoms with E-state index in [-0.39, 0.29) is 23.4 Å². The third-order valence-corrected chi connectivity index (χ3v) is 3.46. The summed E-state index contributed by atoms with van der Waals surface area (Å²) in [5.41, 5.74) is 1.24. The molecule has 1 aromatic rings. The van der Waals surface area contributed by atoms with Gasteiger partial charge in [-0.3, -0.25) is 10.0 Å². The van der Waals surface area contributed by atoms with Gasteiger partial charge in [-0.25, -0.2) is 0 Å². The van der Waals surface area contributed by atoms with Crippen molar-refractivity contribution in [2.75, 3.05) is 5.17 Å². The van der Waals surface area contributed by atoms with Crippen molar-refractivity contribution in [1.29, 1.82) is 0 Å². The predicted molar refractivity (Wildman–Crippen MR) is 64.3 cm³/mol. The lowest BCUT2D eigenvalue weighted by atomic mass is 9.87. The molecule has 0 saturated carbocycles. The first-order valence-corrected chi connectivity index (χ1v) is 6.13. The van der Waals surface area contributed by atoms with Crippen molar-refractivity contribution in [3.05, 3.63) is 11.1 Å². The first-order valence-electron chi connectivity index (χ1n) is 6.13. The largest absolute Gasteiger partial charge is 0.493 e. The number of aromatic nitrogens is 1. The monoisotopic (exact) mass is 254 g/mol. The molecule has 1 amide bonds. The summed E-state index contributed by atoms with van der Waals surface area (Å²) in [7, 11) is 0. The molecule has 0 bridgehead atoms. The molecule has 1 aliphatic rings. The van der Waals surface area contributed by atoms with E-state index < -0.39 is 5.91 Å². The van der Waals surface area contributed by atoms with Crippen LogP contribution in [0.2, 0.25) is 0 Å². The van der Waals surface area contributed by atoms with E-state index in [1.165, 1.54) is 0 Å². The highest BCUT2D eigenvalue weighted by molar-refractivity contribution is 5.84. The first kappa shape index (κ1) is 12.8. The van der Waals surface area contributed by atoms with Crippen molar-refractivity contribution in [3.63, 3.8) is 0 Å². The topological polar surface area (TPSA) is 85.9 Å². The van der Waals surface area contributed by atoms with Gasteiger partial charge in [-0.2, -0.15) is 4.68 Å². The number of rotatable bonds is 2. The number of amides is 1. The maximum absolute atomic E-state index is 11.4. The Morgan fingerprint density at radius 1 is 1.39 bits per heavy atom. The minimum atomic E-state index is -0.596. The van der Waals surface area contributed by atoms with Crippen LogP contribution in [0, 0.1) is 5.92 Å². The molecule has 2 rings (SSSR count). The number of nitrogens with zero attached hydrogens (tertiary/aromatic N) is 2. The van der Waals surface area contributed by atoms with Crippen LogP contribution in [0.1, 0.15) is 37.8 Å². The van der Waals surface area contributed by atoms with Gasteiger partial charge in [0, 0.05) is 17.5 Å². The van der Waals surface area contributed by atoms with Gasteiger partial charge in [0.25, 0.3) is 5.91 Å². The average Bonchev–Trinajstić information content (AvgIpc) is 2.60. The molecular weight excluding hydrogens is 236 g/mol. The van der Waals surface area contributed by atoms with Gasteiger partial charge in [-0.15, -0.1) is 5.17 Å². The van der Waals surface area contributed by atoms with Crippen LogP contribution in [0.3, 0.4) is 0 Å². The molecule has 0 aromatic carbocycles. The van der Waals surface area contributed by atoms with Crippen LogP contribution >= 0.6 is 0 Å². The minimum Gasteiger partial charge on any atom is -0.493 e. The van der Waals surface area contributed by atoms with E-state index in [1.54, 1.807) is 6.92 Å². The Kier molecular flexibility index (Phi) is 3.21. The lowest BCUT2D eigenvalue weighted by Crippen LogP contribution is -2.36. The highest BCUT2D eigenvalue weighted by Gasteiger charge is 2.30. The second-order valence-electron chi connectivity index (χ2n) is 4.80. The quantitative estimate of drug-likeness (QED) is 0.548. The van der Waals surface area contributed by atoms with Crippen LogP contribution < -0.4 is 5.17 Å². The maximum Gasteiger partial charge on any atom is 0.267 e. The molecule has 1 unspecified atom stereocenters. The van der Waals surface area contributed by atoms with Crippen molar-refractivity contribution in [2.24, 2.45) is 5.92 Å². The molecule has 0 spiro atoms. The number of aromatic hydroxyl groups is 2. The molecule has 3 N–H and O–H groups in total. The lowest BCUT2D eigenvalue weighted by Gasteiger charge is -2.17. The molecule has 0 fully saturated rings. The molecule has 1 atom stereocenters. The summed E-state index contributed by atoms with van der Waals surface area (Å²) in [5, 5.41) is 30.0. The van der Waals surface area contributed by atoms with Crippen LogP contribution in [-0.2, 0) is 17.6 Å². The van der Waals surface area contributed by atoms with Crippen LogP contribution in [0.25, 0.3) is 0 Å². The number of carbonyl (C=O) groups is 1.